The van der Waals surface area contributed by atoms with Crippen molar-refractivity contribution in [1.82, 2.24) is 15.1 Å². The van der Waals surface area contributed by atoms with Crippen molar-refractivity contribution in [3.8, 4) is 0 Å². The molecule has 2 aliphatic heterocycles. The zero-order chi connectivity index (χ0) is 17.1. The normalized spacial score (nSPS) is 24.0. The van der Waals surface area contributed by atoms with E-state index in [1.807, 2.05) is 7.05 Å². The molecule has 0 radical (unpaired) electrons. The molecular formula is C16H25N5O3. The van der Waals surface area contributed by atoms with E-state index in [-0.39, 0.29) is 17.7 Å². The summed E-state index contributed by atoms with van der Waals surface area (Å²) in [6.45, 7) is 1.93. The third-order valence-electron chi connectivity index (χ3n) is 4.83. The molecule has 2 amide bonds. The predicted molar refractivity (Wildman–Crippen MR) is 88.2 cm³/mol. The van der Waals surface area contributed by atoms with Gasteiger partial charge in [0.15, 0.2) is 0 Å². The van der Waals surface area contributed by atoms with Gasteiger partial charge in [-0.15, -0.1) is 0 Å². The third kappa shape index (κ3) is 3.59. The number of aryl methyl sites for hydroxylation is 1. The Morgan fingerprint density at radius 1 is 1.42 bits per heavy atom. The highest BCUT2D eigenvalue weighted by Gasteiger charge is 2.34. The van der Waals surface area contributed by atoms with Crippen LogP contribution in [0.1, 0.15) is 25.7 Å². The highest BCUT2D eigenvalue weighted by Crippen LogP contribution is 2.21. The average Bonchev–Trinajstić information content (AvgIpc) is 3.03. The second-order valence-corrected chi connectivity index (χ2v) is 6.54. The number of nitrogens with two attached hydrogens (primary N) is 1. The quantitative estimate of drug-likeness (QED) is 0.792. The number of piperidine rings is 1. The number of anilines is 1. The van der Waals surface area contributed by atoms with Crippen LogP contribution in [0.15, 0.2) is 12.4 Å². The second kappa shape index (κ2) is 7.31. The lowest BCUT2D eigenvalue weighted by atomic mass is 9.91. The van der Waals surface area contributed by atoms with E-state index in [0.29, 0.717) is 26.2 Å². The first kappa shape index (κ1) is 16.9. The van der Waals surface area contributed by atoms with Crippen molar-refractivity contribution in [2.45, 2.75) is 37.8 Å². The molecule has 2 saturated heterocycles. The van der Waals surface area contributed by atoms with Crippen LogP contribution in [0.5, 0.6) is 0 Å². The van der Waals surface area contributed by atoms with Gasteiger partial charge in [0, 0.05) is 33.0 Å². The lowest BCUT2D eigenvalue weighted by Gasteiger charge is -2.33. The van der Waals surface area contributed by atoms with Crippen molar-refractivity contribution < 1.29 is 14.3 Å². The molecule has 24 heavy (non-hydrogen) atoms. The van der Waals surface area contributed by atoms with E-state index in [1.165, 1.54) is 0 Å². The highest BCUT2D eigenvalue weighted by atomic mass is 16.5. The van der Waals surface area contributed by atoms with Crippen LogP contribution in [-0.4, -0.2) is 53.4 Å². The first-order chi connectivity index (χ1) is 11.6. The van der Waals surface area contributed by atoms with E-state index >= 15 is 0 Å². The molecule has 2 atom stereocenters. The maximum atomic E-state index is 12.7. The van der Waals surface area contributed by atoms with E-state index in [9.17, 15) is 9.59 Å². The fourth-order valence-corrected chi connectivity index (χ4v) is 3.37. The van der Waals surface area contributed by atoms with Gasteiger partial charge in [0.2, 0.25) is 11.8 Å². The summed E-state index contributed by atoms with van der Waals surface area (Å²) in [5, 5.41) is 6.95. The van der Waals surface area contributed by atoms with E-state index in [1.54, 1.807) is 22.0 Å². The summed E-state index contributed by atoms with van der Waals surface area (Å²) >= 11 is 0. The number of amides is 2. The van der Waals surface area contributed by atoms with E-state index in [0.717, 1.165) is 24.9 Å². The van der Waals surface area contributed by atoms with Crippen molar-refractivity contribution in [2.75, 3.05) is 24.7 Å². The molecule has 0 bridgehead atoms. The number of hydrogen-bond donors (Lipinski definition) is 2. The molecule has 3 heterocycles. The van der Waals surface area contributed by atoms with Gasteiger partial charge < -0.3 is 20.7 Å². The minimum absolute atomic E-state index is 0.0956. The Kier molecular flexibility index (Phi) is 5.15. The Hall–Kier alpha value is -1.93. The number of aromatic nitrogens is 2. The molecule has 2 aliphatic rings. The summed E-state index contributed by atoms with van der Waals surface area (Å²) < 4.78 is 6.96. The van der Waals surface area contributed by atoms with E-state index in [2.05, 4.69) is 10.4 Å². The van der Waals surface area contributed by atoms with Gasteiger partial charge in [0.25, 0.3) is 0 Å². The largest absolute Gasteiger partial charge is 0.381 e. The number of nitrogens with zero attached hydrogens (tertiary/aromatic N) is 3. The van der Waals surface area contributed by atoms with Crippen LogP contribution >= 0.6 is 0 Å². The first-order valence-electron chi connectivity index (χ1n) is 8.50. The standard InChI is InChI=1S/C16H25N5O3/c1-20-10-12(9-18-20)21-6-2-3-13(16(21)23)19-15(22)14(17)11-4-7-24-8-5-11/h9-11,13-14H,2-8,17H2,1H3,(H,19,22). The first-order valence-corrected chi connectivity index (χ1v) is 8.50. The van der Waals surface area contributed by atoms with Crippen LogP contribution in [0.4, 0.5) is 5.69 Å². The molecule has 0 aliphatic carbocycles. The molecule has 8 nitrogen and oxygen atoms in total. The topological polar surface area (TPSA) is 102 Å². The van der Waals surface area contributed by atoms with Gasteiger partial charge in [-0.25, -0.2) is 0 Å². The zero-order valence-corrected chi connectivity index (χ0v) is 14.0. The molecule has 0 spiro atoms. The Labute approximate surface area is 141 Å². The maximum absolute atomic E-state index is 12.7. The van der Waals surface area contributed by atoms with Gasteiger partial charge in [-0.05, 0) is 31.6 Å². The Morgan fingerprint density at radius 3 is 2.83 bits per heavy atom. The molecule has 3 rings (SSSR count). The summed E-state index contributed by atoms with van der Waals surface area (Å²) in [4.78, 5) is 26.8. The molecule has 0 aromatic carbocycles. The minimum Gasteiger partial charge on any atom is -0.381 e. The van der Waals surface area contributed by atoms with Gasteiger partial charge >= 0.3 is 0 Å². The number of rotatable bonds is 4. The molecule has 1 aromatic rings. The van der Waals surface area contributed by atoms with Crippen molar-refractivity contribution in [2.24, 2.45) is 18.7 Å². The molecule has 8 heteroatoms. The number of carbonyl (C=O) groups excluding carboxylic acids is 2. The lowest BCUT2D eigenvalue weighted by Crippen LogP contribution is -2.56. The minimum atomic E-state index is -0.588. The van der Waals surface area contributed by atoms with Crippen LogP contribution in [-0.2, 0) is 21.4 Å². The summed E-state index contributed by atoms with van der Waals surface area (Å²) in [6.07, 6.45) is 6.51. The molecular weight excluding hydrogens is 310 g/mol. The van der Waals surface area contributed by atoms with Crippen molar-refractivity contribution in [3.63, 3.8) is 0 Å². The summed E-state index contributed by atoms with van der Waals surface area (Å²) in [6, 6.07) is -1.10. The lowest BCUT2D eigenvalue weighted by molar-refractivity contribution is -0.130. The van der Waals surface area contributed by atoms with Crippen LogP contribution < -0.4 is 16.0 Å². The van der Waals surface area contributed by atoms with E-state index < -0.39 is 12.1 Å². The van der Waals surface area contributed by atoms with Crippen LogP contribution in [0.25, 0.3) is 0 Å². The van der Waals surface area contributed by atoms with Crippen LogP contribution in [0.3, 0.4) is 0 Å². The van der Waals surface area contributed by atoms with Crippen LogP contribution in [0.2, 0.25) is 0 Å². The number of ether oxygens (including phenoxy) is 1. The van der Waals surface area contributed by atoms with Crippen LogP contribution in [0, 0.1) is 5.92 Å². The molecule has 2 unspecified atom stereocenters. The number of hydrogen-bond acceptors (Lipinski definition) is 5. The zero-order valence-electron chi connectivity index (χ0n) is 14.0. The molecule has 3 N–H and O–H groups in total. The van der Waals surface area contributed by atoms with Crippen molar-refractivity contribution in [1.29, 1.82) is 0 Å². The fourth-order valence-electron chi connectivity index (χ4n) is 3.37. The highest BCUT2D eigenvalue weighted by molar-refractivity contribution is 6.00. The van der Waals surface area contributed by atoms with Gasteiger partial charge in [-0.1, -0.05) is 0 Å². The number of nitrogens with one attached hydrogen (secondary N) is 1. The van der Waals surface area contributed by atoms with E-state index in [4.69, 9.17) is 10.5 Å². The summed E-state index contributed by atoms with van der Waals surface area (Å²) in [5.74, 6) is -0.220. The van der Waals surface area contributed by atoms with Gasteiger partial charge in [-0.2, -0.15) is 5.10 Å². The Bertz CT molecular complexity index is 596. The van der Waals surface area contributed by atoms with Gasteiger partial charge in [0.1, 0.15) is 6.04 Å². The predicted octanol–water partition coefficient (Wildman–Crippen LogP) is -0.214. The summed E-state index contributed by atoms with van der Waals surface area (Å²) in [5.41, 5.74) is 6.86. The van der Waals surface area contributed by atoms with Gasteiger partial charge in [0.05, 0.1) is 17.9 Å². The summed E-state index contributed by atoms with van der Waals surface area (Å²) in [7, 11) is 1.81. The van der Waals surface area contributed by atoms with Gasteiger partial charge in [-0.3, -0.25) is 14.3 Å². The maximum Gasteiger partial charge on any atom is 0.249 e. The molecule has 1 aromatic heterocycles. The molecule has 2 fully saturated rings. The molecule has 132 valence electrons. The SMILES string of the molecule is Cn1cc(N2CCCC(NC(=O)C(N)C3CCOCC3)C2=O)cn1. The number of carbonyl (C=O) groups is 2. The Morgan fingerprint density at radius 2 is 2.17 bits per heavy atom. The molecule has 0 saturated carbocycles. The smallest absolute Gasteiger partial charge is 0.249 e. The van der Waals surface area contributed by atoms with Crippen molar-refractivity contribution >= 4 is 17.5 Å². The fraction of sp³-hybridized carbons (Fsp3) is 0.688. The third-order valence-corrected chi connectivity index (χ3v) is 4.83. The Balaban J connectivity index is 1.61. The average molecular weight is 335 g/mol. The monoisotopic (exact) mass is 335 g/mol. The van der Waals surface area contributed by atoms with Crippen molar-refractivity contribution in [3.05, 3.63) is 12.4 Å². The second-order valence-electron chi connectivity index (χ2n) is 6.54.